The summed E-state index contributed by atoms with van der Waals surface area (Å²) in [6.07, 6.45) is -4.54. The highest BCUT2D eigenvalue weighted by Gasteiger charge is 2.31. The molecule has 0 fully saturated rings. The molecule has 1 aromatic carbocycles. The van der Waals surface area contributed by atoms with Crippen LogP contribution in [0, 0.1) is 5.92 Å². The molecule has 0 saturated heterocycles. The summed E-state index contributed by atoms with van der Waals surface area (Å²) in [5.41, 5.74) is -1.03. The van der Waals surface area contributed by atoms with Crippen LogP contribution in [0.4, 0.5) is 18.9 Å². The first-order valence-corrected chi connectivity index (χ1v) is 5.41. The van der Waals surface area contributed by atoms with Gasteiger partial charge >= 0.3 is 12.1 Å². The molecule has 0 bridgehead atoms. The Labute approximate surface area is 111 Å². The van der Waals surface area contributed by atoms with Crippen LogP contribution in [0.15, 0.2) is 18.2 Å². The number of carbonyl (C=O) groups excluding carboxylic acids is 1. The number of carbonyl (C=O) groups is 2. The second-order valence-corrected chi connectivity index (χ2v) is 4.15. The van der Waals surface area contributed by atoms with Crippen molar-refractivity contribution < 1.29 is 27.9 Å². The molecule has 0 aliphatic carbocycles. The summed E-state index contributed by atoms with van der Waals surface area (Å²) in [5, 5.41) is 10.4. The van der Waals surface area contributed by atoms with E-state index in [9.17, 15) is 22.8 Å². The molecule has 19 heavy (non-hydrogen) atoms. The van der Waals surface area contributed by atoms with E-state index in [1.165, 1.54) is 0 Å². The molecular formula is C11H9ClF3NO3. The van der Waals surface area contributed by atoms with Crippen molar-refractivity contribution in [3.63, 3.8) is 0 Å². The second-order valence-electron chi connectivity index (χ2n) is 3.74. The number of hydrogen-bond donors (Lipinski definition) is 2. The van der Waals surface area contributed by atoms with Gasteiger partial charge in [0.25, 0.3) is 0 Å². The van der Waals surface area contributed by atoms with Crippen LogP contribution in [-0.4, -0.2) is 17.0 Å². The maximum Gasteiger partial charge on any atom is 0.416 e. The first-order chi connectivity index (χ1) is 8.62. The molecule has 4 nitrogen and oxygen atoms in total. The zero-order valence-electron chi connectivity index (χ0n) is 9.58. The average Bonchev–Trinajstić information content (AvgIpc) is 2.29. The molecule has 0 aliphatic rings. The Morgan fingerprint density at radius 2 is 1.95 bits per heavy atom. The molecule has 1 atom stereocenters. The number of anilines is 1. The van der Waals surface area contributed by atoms with Gasteiger partial charge in [0.05, 0.1) is 16.3 Å². The predicted octanol–water partition coefficient (Wildman–Crippen LogP) is 3.02. The SMILES string of the molecule is CC(C(=O)O)C(=O)Nc1ccc(C(F)(F)F)cc1Cl. The Morgan fingerprint density at radius 3 is 2.37 bits per heavy atom. The smallest absolute Gasteiger partial charge is 0.416 e. The minimum absolute atomic E-state index is 0.0761. The maximum atomic E-state index is 12.4. The Morgan fingerprint density at radius 1 is 1.37 bits per heavy atom. The highest BCUT2D eigenvalue weighted by molar-refractivity contribution is 6.33. The molecule has 0 radical (unpaired) electrons. The first kappa shape index (κ1) is 15.3. The fraction of sp³-hybridized carbons (Fsp3) is 0.273. The summed E-state index contributed by atoms with van der Waals surface area (Å²) in [5.74, 6) is -3.55. The fourth-order valence-electron chi connectivity index (χ4n) is 1.15. The van der Waals surface area contributed by atoms with Crippen molar-refractivity contribution in [3.05, 3.63) is 28.8 Å². The Hall–Kier alpha value is -1.76. The topological polar surface area (TPSA) is 66.4 Å². The highest BCUT2D eigenvalue weighted by atomic mass is 35.5. The fourth-order valence-corrected chi connectivity index (χ4v) is 1.37. The standard InChI is InChI=1S/C11H9ClF3NO3/c1-5(10(18)19)9(17)16-8-3-2-6(4-7(8)12)11(13,14)15/h2-5H,1H3,(H,16,17)(H,18,19). The van der Waals surface area contributed by atoms with Gasteiger partial charge in [0.15, 0.2) is 0 Å². The molecule has 0 heterocycles. The number of carboxylic acids is 1. The van der Waals surface area contributed by atoms with Gasteiger partial charge in [0.1, 0.15) is 5.92 Å². The van der Waals surface area contributed by atoms with Gasteiger partial charge in [-0.2, -0.15) is 13.2 Å². The molecule has 2 N–H and O–H groups in total. The molecule has 0 aromatic heterocycles. The van der Waals surface area contributed by atoms with Crippen molar-refractivity contribution in [3.8, 4) is 0 Å². The molecule has 8 heteroatoms. The Bertz CT molecular complexity index is 516. The maximum absolute atomic E-state index is 12.4. The molecular weight excluding hydrogens is 287 g/mol. The number of halogens is 4. The quantitative estimate of drug-likeness (QED) is 0.842. The Kier molecular flexibility index (Phi) is 4.41. The van der Waals surface area contributed by atoms with E-state index in [1.54, 1.807) is 0 Å². The summed E-state index contributed by atoms with van der Waals surface area (Å²) in [4.78, 5) is 22.0. The van der Waals surface area contributed by atoms with Crippen molar-refractivity contribution in [2.75, 3.05) is 5.32 Å². The first-order valence-electron chi connectivity index (χ1n) is 5.03. The number of hydrogen-bond acceptors (Lipinski definition) is 2. The highest BCUT2D eigenvalue weighted by Crippen LogP contribution is 2.33. The number of aliphatic carboxylic acids is 1. The van der Waals surface area contributed by atoms with E-state index in [0.717, 1.165) is 19.1 Å². The second kappa shape index (κ2) is 5.48. The van der Waals surface area contributed by atoms with Gasteiger partial charge in [-0.25, -0.2) is 0 Å². The summed E-state index contributed by atoms with van der Waals surface area (Å²) >= 11 is 5.60. The molecule has 1 unspecified atom stereocenters. The van der Waals surface area contributed by atoms with Crippen LogP contribution in [0.2, 0.25) is 5.02 Å². The minimum Gasteiger partial charge on any atom is -0.481 e. The predicted molar refractivity (Wildman–Crippen MR) is 61.9 cm³/mol. The zero-order valence-corrected chi connectivity index (χ0v) is 10.3. The lowest BCUT2D eigenvalue weighted by atomic mass is 10.1. The van der Waals surface area contributed by atoms with Crippen molar-refractivity contribution >= 4 is 29.2 Å². The largest absolute Gasteiger partial charge is 0.481 e. The molecule has 1 rings (SSSR count). The molecule has 0 saturated carbocycles. The van der Waals surface area contributed by atoms with E-state index in [2.05, 4.69) is 5.32 Å². The number of carboxylic acid groups (broad SMARTS) is 1. The van der Waals surface area contributed by atoms with Crippen molar-refractivity contribution in [1.29, 1.82) is 0 Å². The Balaban J connectivity index is 2.93. The minimum atomic E-state index is -4.54. The molecule has 1 aromatic rings. The van der Waals surface area contributed by atoms with Crippen molar-refractivity contribution in [2.24, 2.45) is 5.92 Å². The van der Waals surface area contributed by atoms with Gasteiger partial charge in [-0.15, -0.1) is 0 Å². The number of nitrogens with one attached hydrogen (secondary N) is 1. The van der Waals surface area contributed by atoms with Crippen LogP contribution < -0.4 is 5.32 Å². The summed E-state index contributed by atoms with van der Waals surface area (Å²) in [7, 11) is 0. The number of amides is 1. The third-order valence-electron chi connectivity index (χ3n) is 2.32. The van der Waals surface area contributed by atoms with Gasteiger partial charge in [-0.3, -0.25) is 9.59 Å². The third kappa shape index (κ3) is 3.85. The summed E-state index contributed by atoms with van der Waals surface area (Å²) < 4.78 is 37.1. The molecule has 104 valence electrons. The van der Waals surface area contributed by atoms with E-state index in [0.29, 0.717) is 6.07 Å². The van der Waals surface area contributed by atoms with Crippen LogP contribution in [0.25, 0.3) is 0 Å². The van der Waals surface area contributed by atoms with E-state index in [-0.39, 0.29) is 10.7 Å². The van der Waals surface area contributed by atoms with Crippen molar-refractivity contribution in [2.45, 2.75) is 13.1 Å². The van der Waals surface area contributed by atoms with E-state index < -0.39 is 29.5 Å². The average molecular weight is 296 g/mol. The number of rotatable bonds is 3. The molecule has 1 amide bonds. The number of alkyl halides is 3. The van der Waals surface area contributed by atoms with Crippen molar-refractivity contribution in [1.82, 2.24) is 0 Å². The van der Waals surface area contributed by atoms with Gasteiger partial charge in [-0.05, 0) is 25.1 Å². The molecule has 0 spiro atoms. The van der Waals surface area contributed by atoms with Crippen LogP contribution in [0.3, 0.4) is 0 Å². The van der Waals surface area contributed by atoms with Crippen LogP contribution in [0.1, 0.15) is 12.5 Å². The normalized spacial score (nSPS) is 12.9. The third-order valence-corrected chi connectivity index (χ3v) is 2.63. The van der Waals surface area contributed by atoms with E-state index >= 15 is 0 Å². The lowest BCUT2D eigenvalue weighted by Crippen LogP contribution is -2.27. The van der Waals surface area contributed by atoms with E-state index in [4.69, 9.17) is 16.7 Å². The molecule has 0 aliphatic heterocycles. The van der Waals surface area contributed by atoms with E-state index in [1.807, 2.05) is 0 Å². The number of benzene rings is 1. The van der Waals surface area contributed by atoms with Gasteiger partial charge in [0.2, 0.25) is 5.91 Å². The summed E-state index contributed by atoms with van der Waals surface area (Å²) in [6.45, 7) is 1.15. The van der Waals surface area contributed by atoms with Gasteiger partial charge < -0.3 is 10.4 Å². The summed E-state index contributed by atoms with van der Waals surface area (Å²) in [6, 6.07) is 2.37. The van der Waals surface area contributed by atoms with Crippen LogP contribution in [-0.2, 0) is 15.8 Å². The monoisotopic (exact) mass is 295 g/mol. The van der Waals surface area contributed by atoms with Crippen LogP contribution in [0.5, 0.6) is 0 Å². The van der Waals surface area contributed by atoms with Crippen LogP contribution >= 0.6 is 11.6 Å². The lowest BCUT2D eigenvalue weighted by Gasteiger charge is -2.12. The lowest BCUT2D eigenvalue weighted by molar-refractivity contribution is -0.144. The zero-order chi connectivity index (χ0) is 14.8. The van der Waals surface area contributed by atoms with Gasteiger partial charge in [0, 0.05) is 0 Å². The van der Waals surface area contributed by atoms with Gasteiger partial charge in [-0.1, -0.05) is 11.6 Å².